The van der Waals surface area contributed by atoms with E-state index in [4.69, 9.17) is 0 Å². The molecule has 0 aromatic heterocycles. The third kappa shape index (κ3) is 3.50. The van der Waals surface area contributed by atoms with Gasteiger partial charge in [-0.1, -0.05) is 19.1 Å². The average molecular weight is 250 g/mol. The summed E-state index contributed by atoms with van der Waals surface area (Å²) in [7, 11) is 0. The standard InChI is InChI=1S/C15H22O3/c1-9(2)13(16)6-5-10(3)12-8-14(17)11(4)7-15(12)18/h7-8,10,13,16-18H,1,5-6H2,2-4H3/t10-,13+/m1/s1. The molecule has 1 aromatic carbocycles. The maximum Gasteiger partial charge on any atom is 0.119 e. The summed E-state index contributed by atoms with van der Waals surface area (Å²) in [5.74, 6) is 0.461. The van der Waals surface area contributed by atoms with Gasteiger partial charge in [0.25, 0.3) is 0 Å². The first-order valence-corrected chi connectivity index (χ1v) is 6.18. The molecule has 0 aliphatic carbocycles. The van der Waals surface area contributed by atoms with Crippen LogP contribution in [0.4, 0.5) is 0 Å². The number of phenolic OH excluding ortho intramolecular Hbond substituents is 2. The summed E-state index contributed by atoms with van der Waals surface area (Å²) >= 11 is 0. The van der Waals surface area contributed by atoms with Crippen molar-refractivity contribution in [2.24, 2.45) is 0 Å². The molecule has 0 heterocycles. The molecule has 0 aliphatic heterocycles. The van der Waals surface area contributed by atoms with Gasteiger partial charge in [0.15, 0.2) is 0 Å². The van der Waals surface area contributed by atoms with Crippen molar-refractivity contribution in [1.82, 2.24) is 0 Å². The molecule has 100 valence electrons. The van der Waals surface area contributed by atoms with Gasteiger partial charge < -0.3 is 15.3 Å². The molecule has 2 atom stereocenters. The summed E-state index contributed by atoms with van der Waals surface area (Å²) in [5.41, 5.74) is 2.12. The zero-order valence-corrected chi connectivity index (χ0v) is 11.3. The van der Waals surface area contributed by atoms with Crippen LogP contribution in [-0.2, 0) is 0 Å². The van der Waals surface area contributed by atoms with Crippen LogP contribution in [0.25, 0.3) is 0 Å². The maximum atomic E-state index is 9.87. The molecule has 0 spiro atoms. The van der Waals surface area contributed by atoms with Crippen LogP contribution >= 0.6 is 0 Å². The highest BCUT2D eigenvalue weighted by Crippen LogP contribution is 2.34. The van der Waals surface area contributed by atoms with Gasteiger partial charge in [-0.25, -0.2) is 0 Å². The number of aromatic hydroxyl groups is 2. The molecule has 3 N–H and O–H groups in total. The second kappa shape index (κ2) is 5.91. The molecule has 1 aromatic rings. The van der Waals surface area contributed by atoms with Crippen LogP contribution < -0.4 is 0 Å². The summed E-state index contributed by atoms with van der Waals surface area (Å²) in [5, 5.41) is 29.2. The number of rotatable bonds is 5. The van der Waals surface area contributed by atoms with Gasteiger partial charge in [0.2, 0.25) is 0 Å². The fourth-order valence-corrected chi connectivity index (χ4v) is 1.90. The second-order valence-corrected chi connectivity index (χ2v) is 5.04. The minimum Gasteiger partial charge on any atom is -0.508 e. The molecule has 0 saturated carbocycles. The molecule has 3 heteroatoms. The largest absolute Gasteiger partial charge is 0.508 e. The van der Waals surface area contributed by atoms with Gasteiger partial charge in [0, 0.05) is 5.56 Å². The molecular weight excluding hydrogens is 228 g/mol. The summed E-state index contributed by atoms with van der Waals surface area (Å²) in [6.07, 6.45) is 0.822. The van der Waals surface area contributed by atoms with Crippen LogP contribution in [-0.4, -0.2) is 21.4 Å². The van der Waals surface area contributed by atoms with Gasteiger partial charge >= 0.3 is 0 Å². The van der Waals surface area contributed by atoms with Crippen LogP contribution in [0.15, 0.2) is 24.3 Å². The Balaban J connectivity index is 2.75. The van der Waals surface area contributed by atoms with Crippen LogP contribution in [0.3, 0.4) is 0 Å². The van der Waals surface area contributed by atoms with Crippen molar-refractivity contribution >= 4 is 0 Å². The fraction of sp³-hybridized carbons (Fsp3) is 0.467. The quantitative estimate of drug-likeness (QED) is 0.555. The van der Waals surface area contributed by atoms with Gasteiger partial charge in [-0.3, -0.25) is 0 Å². The Morgan fingerprint density at radius 1 is 1.22 bits per heavy atom. The molecule has 1 rings (SSSR count). The predicted molar refractivity (Wildman–Crippen MR) is 73.0 cm³/mol. The smallest absolute Gasteiger partial charge is 0.119 e. The van der Waals surface area contributed by atoms with Gasteiger partial charge in [-0.15, -0.1) is 0 Å². The number of aliphatic hydroxyl groups is 1. The highest BCUT2D eigenvalue weighted by molar-refractivity contribution is 5.45. The van der Waals surface area contributed by atoms with Crippen molar-refractivity contribution in [2.45, 2.75) is 45.6 Å². The monoisotopic (exact) mass is 250 g/mol. The van der Waals surface area contributed by atoms with E-state index in [0.29, 0.717) is 17.5 Å². The van der Waals surface area contributed by atoms with E-state index in [1.165, 1.54) is 0 Å². The first-order chi connectivity index (χ1) is 8.32. The molecule has 0 radical (unpaired) electrons. The van der Waals surface area contributed by atoms with Crippen molar-refractivity contribution in [3.05, 3.63) is 35.4 Å². The van der Waals surface area contributed by atoms with Crippen LogP contribution in [0.1, 0.15) is 43.7 Å². The summed E-state index contributed by atoms with van der Waals surface area (Å²) < 4.78 is 0. The SMILES string of the molecule is C=C(C)[C@@H](O)CC[C@@H](C)c1cc(O)c(C)cc1O. The third-order valence-electron chi connectivity index (χ3n) is 3.32. The molecule has 3 nitrogen and oxygen atoms in total. The Hall–Kier alpha value is -1.48. The molecule has 0 fully saturated rings. The maximum absolute atomic E-state index is 9.87. The molecule has 0 unspecified atom stereocenters. The highest BCUT2D eigenvalue weighted by Gasteiger charge is 2.15. The van der Waals surface area contributed by atoms with E-state index in [9.17, 15) is 15.3 Å². The molecule has 18 heavy (non-hydrogen) atoms. The van der Waals surface area contributed by atoms with Crippen molar-refractivity contribution < 1.29 is 15.3 Å². The number of hydrogen-bond donors (Lipinski definition) is 3. The molecular formula is C15H22O3. The Kier molecular flexibility index (Phi) is 4.79. The zero-order chi connectivity index (χ0) is 13.9. The van der Waals surface area contributed by atoms with E-state index in [2.05, 4.69) is 6.58 Å². The topological polar surface area (TPSA) is 60.7 Å². The third-order valence-corrected chi connectivity index (χ3v) is 3.32. The van der Waals surface area contributed by atoms with E-state index in [0.717, 1.165) is 12.0 Å². The fourth-order valence-electron chi connectivity index (χ4n) is 1.90. The van der Waals surface area contributed by atoms with E-state index >= 15 is 0 Å². The Bertz CT molecular complexity index is 438. The Morgan fingerprint density at radius 2 is 1.83 bits per heavy atom. The minimum atomic E-state index is -0.506. The predicted octanol–water partition coefficient (Wildman–Crippen LogP) is 3.23. The van der Waals surface area contributed by atoms with Gasteiger partial charge in [0.05, 0.1) is 6.10 Å². The number of benzene rings is 1. The van der Waals surface area contributed by atoms with Crippen LogP contribution in [0.5, 0.6) is 11.5 Å². The van der Waals surface area contributed by atoms with Crippen molar-refractivity contribution in [2.75, 3.05) is 0 Å². The Morgan fingerprint density at radius 3 is 2.39 bits per heavy atom. The van der Waals surface area contributed by atoms with Gasteiger partial charge in [-0.2, -0.15) is 0 Å². The van der Waals surface area contributed by atoms with Crippen LogP contribution in [0.2, 0.25) is 0 Å². The van der Waals surface area contributed by atoms with Crippen molar-refractivity contribution in [3.8, 4) is 11.5 Å². The number of hydrogen-bond acceptors (Lipinski definition) is 3. The first kappa shape index (κ1) is 14.6. The minimum absolute atomic E-state index is 0.0745. The molecule has 0 aliphatic rings. The van der Waals surface area contributed by atoms with E-state index < -0.39 is 6.10 Å². The van der Waals surface area contributed by atoms with Gasteiger partial charge in [0.1, 0.15) is 11.5 Å². The van der Waals surface area contributed by atoms with E-state index in [1.807, 2.05) is 6.92 Å². The lowest BCUT2D eigenvalue weighted by Crippen LogP contribution is -2.09. The highest BCUT2D eigenvalue weighted by atomic mass is 16.3. The lowest BCUT2D eigenvalue weighted by molar-refractivity contribution is 0.195. The first-order valence-electron chi connectivity index (χ1n) is 6.18. The van der Waals surface area contributed by atoms with E-state index in [-0.39, 0.29) is 17.4 Å². The van der Waals surface area contributed by atoms with Crippen molar-refractivity contribution in [1.29, 1.82) is 0 Å². The summed E-state index contributed by atoms with van der Waals surface area (Å²) in [4.78, 5) is 0. The number of phenols is 2. The molecule has 0 bridgehead atoms. The summed E-state index contributed by atoms with van der Waals surface area (Å²) in [6, 6.07) is 3.17. The van der Waals surface area contributed by atoms with Crippen molar-refractivity contribution in [3.63, 3.8) is 0 Å². The summed E-state index contributed by atoms with van der Waals surface area (Å²) in [6.45, 7) is 9.22. The second-order valence-electron chi connectivity index (χ2n) is 5.04. The lowest BCUT2D eigenvalue weighted by Gasteiger charge is -2.17. The lowest BCUT2D eigenvalue weighted by atomic mass is 9.92. The number of aryl methyl sites for hydroxylation is 1. The molecule has 0 amide bonds. The van der Waals surface area contributed by atoms with Crippen LogP contribution in [0, 0.1) is 6.92 Å². The van der Waals surface area contributed by atoms with E-state index in [1.54, 1.807) is 26.0 Å². The molecule has 0 saturated heterocycles. The number of aliphatic hydroxyl groups excluding tert-OH is 1. The zero-order valence-electron chi connectivity index (χ0n) is 11.3. The van der Waals surface area contributed by atoms with Gasteiger partial charge in [-0.05, 0) is 50.3 Å². The Labute approximate surface area is 108 Å². The normalized spacial score (nSPS) is 14.2. The average Bonchev–Trinajstić information content (AvgIpc) is 2.30.